The molecule has 2 heterocycles. The number of carbonyl (C=O) groups excluding carboxylic acids is 1. The van der Waals surface area contributed by atoms with E-state index >= 15 is 0 Å². The lowest BCUT2D eigenvalue weighted by Crippen LogP contribution is -2.32. The van der Waals surface area contributed by atoms with Crippen molar-refractivity contribution in [2.45, 2.75) is 33.5 Å². The molecular weight excluding hydrogens is 471 g/mol. The second-order valence-electron chi connectivity index (χ2n) is 7.95. The third-order valence-electron chi connectivity index (χ3n) is 5.40. The summed E-state index contributed by atoms with van der Waals surface area (Å²) in [7, 11) is 0. The number of nitrogens with one attached hydrogen (secondary N) is 1. The third-order valence-corrected chi connectivity index (χ3v) is 5.75. The van der Waals surface area contributed by atoms with Crippen molar-refractivity contribution >= 4 is 29.1 Å². The summed E-state index contributed by atoms with van der Waals surface area (Å²) in [6.45, 7) is 5.43. The number of rotatable bonds is 4. The summed E-state index contributed by atoms with van der Waals surface area (Å²) in [5, 5.41) is 6.28. The number of aryl methyl sites for hydroxylation is 3. The Morgan fingerprint density at radius 2 is 1.79 bits per heavy atom. The van der Waals surface area contributed by atoms with Crippen molar-refractivity contribution < 1.29 is 18.0 Å². The summed E-state index contributed by atoms with van der Waals surface area (Å²) >= 11 is 6.31. The van der Waals surface area contributed by atoms with Crippen LogP contribution in [0.4, 0.5) is 19.1 Å². The molecule has 1 amide bonds. The van der Waals surface area contributed by atoms with E-state index < -0.39 is 23.5 Å². The van der Waals surface area contributed by atoms with Gasteiger partial charge in [-0.2, -0.15) is 27.8 Å². The molecule has 0 atom stereocenters. The maximum Gasteiger partial charge on any atom is 0.435 e. The van der Waals surface area contributed by atoms with Gasteiger partial charge in [0.15, 0.2) is 11.3 Å². The molecule has 2 aromatic carbocycles. The molecule has 0 spiro atoms. The van der Waals surface area contributed by atoms with Crippen LogP contribution >= 0.6 is 11.6 Å². The van der Waals surface area contributed by atoms with Crippen LogP contribution in [-0.2, 0) is 12.7 Å². The summed E-state index contributed by atoms with van der Waals surface area (Å²) in [6, 6.07) is 10.9. The Bertz CT molecular complexity index is 1490. The van der Waals surface area contributed by atoms with Crippen molar-refractivity contribution in [2.75, 3.05) is 5.32 Å². The first kappa shape index (κ1) is 23.5. The molecule has 0 aliphatic carbocycles. The predicted molar refractivity (Wildman–Crippen MR) is 121 cm³/mol. The van der Waals surface area contributed by atoms with Crippen molar-refractivity contribution in [1.82, 2.24) is 19.2 Å². The second-order valence-corrected chi connectivity index (χ2v) is 8.36. The summed E-state index contributed by atoms with van der Waals surface area (Å²) in [6.07, 6.45) is -4.77. The van der Waals surface area contributed by atoms with Crippen LogP contribution < -0.4 is 11.0 Å². The van der Waals surface area contributed by atoms with Crippen LogP contribution in [0.15, 0.2) is 47.3 Å². The summed E-state index contributed by atoms with van der Waals surface area (Å²) < 4.78 is 41.2. The summed E-state index contributed by atoms with van der Waals surface area (Å²) in [5.74, 6) is -0.801. The van der Waals surface area contributed by atoms with E-state index in [4.69, 9.17) is 11.6 Å². The number of benzene rings is 2. The molecule has 0 fully saturated rings. The van der Waals surface area contributed by atoms with Crippen LogP contribution in [0.2, 0.25) is 5.02 Å². The predicted octanol–water partition coefficient (Wildman–Crippen LogP) is 4.79. The van der Waals surface area contributed by atoms with Gasteiger partial charge in [-0.05, 0) is 61.2 Å². The van der Waals surface area contributed by atoms with Crippen LogP contribution in [-0.4, -0.2) is 25.1 Å². The molecule has 0 saturated heterocycles. The zero-order valence-electron chi connectivity index (χ0n) is 18.4. The first-order valence-electron chi connectivity index (χ1n) is 10.2. The highest BCUT2D eigenvalue weighted by molar-refractivity contribution is 6.31. The summed E-state index contributed by atoms with van der Waals surface area (Å²) in [5.41, 5.74) is 1.05. The van der Waals surface area contributed by atoms with E-state index in [1.807, 2.05) is 20.8 Å². The van der Waals surface area contributed by atoms with Gasteiger partial charge in [0.05, 0.1) is 6.54 Å². The number of alkyl halides is 3. The zero-order valence-corrected chi connectivity index (χ0v) is 19.1. The minimum Gasteiger partial charge on any atom is -0.292 e. The number of aromatic nitrogens is 4. The fourth-order valence-electron chi connectivity index (χ4n) is 3.35. The minimum absolute atomic E-state index is 0.148. The Morgan fingerprint density at radius 3 is 2.44 bits per heavy atom. The van der Waals surface area contributed by atoms with Crippen LogP contribution in [0.1, 0.15) is 38.3 Å². The quantitative estimate of drug-likeness (QED) is 0.447. The van der Waals surface area contributed by atoms with Gasteiger partial charge in [-0.3, -0.25) is 14.7 Å². The Labute approximate surface area is 196 Å². The fraction of sp³-hybridized carbons (Fsp3) is 0.217. The highest BCUT2D eigenvalue weighted by atomic mass is 35.5. The number of hydrogen-bond donors (Lipinski definition) is 1. The number of hydrogen-bond acceptors (Lipinski definition) is 4. The highest BCUT2D eigenvalue weighted by Crippen LogP contribution is 2.28. The van der Waals surface area contributed by atoms with E-state index in [2.05, 4.69) is 15.4 Å². The number of fused-ring (bicyclic) bond motifs is 1. The van der Waals surface area contributed by atoms with Gasteiger partial charge in [-0.1, -0.05) is 29.8 Å². The van der Waals surface area contributed by atoms with Gasteiger partial charge in [0.25, 0.3) is 5.91 Å². The van der Waals surface area contributed by atoms with Crippen LogP contribution in [0.25, 0.3) is 5.65 Å². The standard InChI is InChI=1S/C23H19ClF3N5O2/c1-12-4-6-16(17(24)8-12)11-31-21(29-20(33)15-7-5-13(2)14(3)9-15)28-19-10-18(23(25,26)27)30-32(19)22(31)34/h4-10H,11H2,1-3H3,(H,28,29,33). The molecule has 11 heteroatoms. The van der Waals surface area contributed by atoms with E-state index in [9.17, 15) is 22.8 Å². The monoisotopic (exact) mass is 489 g/mol. The zero-order chi connectivity index (χ0) is 24.8. The van der Waals surface area contributed by atoms with E-state index in [0.717, 1.165) is 21.3 Å². The van der Waals surface area contributed by atoms with E-state index in [-0.39, 0.29) is 18.1 Å². The van der Waals surface area contributed by atoms with Crippen molar-refractivity contribution in [2.24, 2.45) is 0 Å². The molecule has 0 unspecified atom stereocenters. The van der Waals surface area contributed by atoms with Gasteiger partial charge >= 0.3 is 11.9 Å². The maximum atomic E-state index is 13.2. The van der Waals surface area contributed by atoms with E-state index in [1.54, 1.807) is 36.4 Å². The SMILES string of the molecule is Cc1ccc(Cn2c(NC(=O)c3ccc(C)c(C)c3)nc3cc(C(F)(F)F)nn3c2=O)c(Cl)c1. The number of carbonyl (C=O) groups is 1. The number of nitrogens with zero attached hydrogens (tertiary/aromatic N) is 4. The average Bonchev–Trinajstić information content (AvgIpc) is 3.19. The number of anilines is 1. The van der Waals surface area contributed by atoms with Gasteiger partial charge in [0, 0.05) is 16.7 Å². The topological polar surface area (TPSA) is 81.3 Å². The lowest BCUT2D eigenvalue weighted by molar-refractivity contribution is -0.141. The number of halogens is 4. The molecule has 0 bridgehead atoms. The molecule has 7 nitrogen and oxygen atoms in total. The Balaban J connectivity index is 1.85. The highest BCUT2D eigenvalue weighted by Gasteiger charge is 2.35. The van der Waals surface area contributed by atoms with E-state index in [1.165, 1.54) is 0 Å². The van der Waals surface area contributed by atoms with Crippen molar-refractivity contribution in [3.63, 3.8) is 0 Å². The molecule has 0 radical (unpaired) electrons. The molecule has 34 heavy (non-hydrogen) atoms. The lowest BCUT2D eigenvalue weighted by Gasteiger charge is -2.14. The first-order valence-corrected chi connectivity index (χ1v) is 10.5. The molecule has 4 rings (SSSR count). The minimum atomic E-state index is -4.77. The largest absolute Gasteiger partial charge is 0.435 e. The Hall–Kier alpha value is -3.66. The first-order chi connectivity index (χ1) is 15.9. The Morgan fingerprint density at radius 1 is 1.06 bits per heavy atom. The van der Waals surface area contributed by atoms with Crippen molar-refractivity contribution in [3.8, 4) is 0 Å². The van der Waals surface area contributed by atoms with Crippen molar-refractivity contribution in [3.05, 3.63) is 91.5 Å². The normalized spacial score (nSPS) is 11.7. The van der Waals surface area contributed by atoms with Crippen LogP contribution in [0, 0.1) is 20.8 Å². The molecule has 4 aromatic rings. The molecule has 0 aliphatic rings. The van der Waals surface area contributed by atoms with Gasteiger partial charge < -0.3 is 0 Å². The molecule has 2 aromatic heterocycles. The van der Waals surface area contributed by atoms with Gasteiger partial charge in [-0.25, -0.2) is 4.79 Å². The fourth-order valence-corrected chi connectivity index (χ4v) is 3.64. The molecular formula is C23H19ClF3N5O2. The molecule has 0 aliphatic heterocycles. The van der Waals surface area contributed by atoms with E-state index in [0.29, 0.717) is 26.7 Å². The van der Waals surface area contributed by atoms with Gasteiger partial charge in [0.2, 0.25) is 5.95 Å². The average molecular weight is 490 g/mol. The van der Waals surface area contributed by atoms with Gasteiger partial charge in [0.1, 0.15) is 0 Å². The van der Waals surface area contributed by atoms with Gasteiger partial charge in [-0.15, -0.1) is 0 Å². The lowest BCUT2D eigenvalue weighted by atomic mass is 10.1. The smallest absolute Gasteiger partial charge is 0.292 e. The number of amides is 1. The van der Waals surface area contributed by atoms with Crippen LogP contribution in [0.5, 0.6) is 0 Å². The third kappa shape index (κ3) is 4.54. The molecule has 176 valence electrons. The van der Waals surface area contributed by atoms with Crippen molar-refractivity contribution in [1.29, 1.82) is 0 Å². The maximum absolute atomic E-state index is 13.2. The van der Waals surface area contributed by atoms with Crippen LogP contribution in [0.3, 0.4) is 0 Å². The second kappa shape index (κ2) is 8.60. The molecule has 0 saturated carbocycles. The summed E-state index contributed by atoms with van der Waals surface area (Å²) in [4.78, 5) is 30.2. The Kier molecular flexibility index (Phi) is 5.94. The molecule has 1 N–H and O–H groups in total.